The molecule has 0 amide bonds. The van der Waals surface area contributed by atoms with Crippen molar-refractivity contribution in [3.05, 3.63) is 29.3 Å². The molecule has 1 aliphatic carbocycles. The zero-order chi connectivity index (χ0) is 14.6. The fourth-order valence-electron chi connectivity index (χ4n) is 2.91. The number of hydrogen-bond acceptors (Lipinski definition) is 2. The van der Waals surface area contributed by atoms with Gasteiger partial charge in [0, 0.05) is 6.04 Å². The van der Waals surface area contributed by atoms with Gasteiger partial charge in [-0.15, -0.1) is 0 Å². The quantitative estimate of drug-likeness (QED) is 0.852. The van der Waals surface area contributed by atoms with Crippen LogP contribution in [0.15, 0.2) is 24.3 Å². The fourth-order valence-corrected chi connectivity index (χ4v) is 3.09. The van der Waals surface area contributed by atoms with Crippen molar-refractivity contribution in [1.29, 1.82) is 0 Å². The SMILES string of the molecule is CCCNC1CCC(C)(C)CC1Oc1ccccc1Cl. The maximum Gasteiger partial charge on any atom is 0.138 e. The summed E-state index contributed by atoms with van der Waals surface area (Å²) in [5.41, 5.74) is 0.344. The van der Waals surface area contributed by atoms with E-state index in [9.17, 15) is 0 Å². The van der Waals surface area contributed by atoms with Crippen molar-refractivity contribution >= 4 is 11.6 Å². The zero-order valence-electron chi connectivity index (χ0n) is 12.8. The first kappa shape index (κ1) is 15.7. The molecule has 1 aromatic rings. The van der Waals surface area contributed by atoms with Gasteiger partial charge in [0.15, 0.2) is 0 Å². The summed E-state index contributed by atoms with van der Waals surface area (Å²) in [5.74, 6) is 0.806. The summed E-state index contributed by atoms with van der Waals surface area (Å²) < 4.78 is 6.24. The number of halogens is 1. The molecule has 0 saturated heterocycles. The molecule has 0 spiro atoms. The highest BCUT2D eigenvalue weighted by Crippen LogP contribution is 2.38. The standard InChI is InChI=1S/C17H26ClNO/c1-4-11-19-14-9-10-17(2,3)12-16(14)20-15-8-6-5-7-13(15)18/h5-8,14,16,19H,4,9-12H2,1-3H3. The molecule has 0 bridgehead atoms. The van der Waals surface area contributed by atoms with E-state index < -0.39 is 0 Å². The van der Waals surface area contributed by atoms with E-state index in [0.29, 0.717) is 16.5 Å². The number of nitrogens with one attached hydrogen (secondary N) is 1. The lowest BCUT2D eigenvalue weighted by molar-refractivity contribution is 0.0532. The third-order valence-electron chi connectivity index (χ3n) is 4.11. The van der Waals surface area contributed by atoms with Crippen molar-refractivity contribution in [2.45, 2.75) is 58.6 Å². The van der Waals surface area contributed by atoms with Crippen molar-refractivity contribution < 1.29 is 4.74 Å². The molecule has 1 saturated carbocycles. The summed E-state index contributed by atoms with van der Waals surface area (Å²) in [6.45, 7) is 7.90. The molecule has 1 fully saturated rings. The van der Waals surface area contributed by atoms with Crippen LogP contribution in [-0.4, -0.2) is 18.7 Å². The van der Waals surface area contributed by atoms with Crippen LogP contribution in [-0.2, 0) is 0 Å². The van der Waals surface area contributed by atoms with Gasteiger partial charge in [-0.2, -0.15) is 0 Å². The van der Waals surface area contributed by atoms with Gasteiger partial charge in [0.25, 0.3) is 0 Å². The van der Waals surface area contributed by atoms with Gasteiger partial charge in [-0.1, -0.05) is 44.5 Å². The topological polar surface area (TPSA) is 21.3 Å². The minimum Gasteiger partial charge on any atom is -0.487 e. The molecule has 1 aromatic carbocycles. The largest absolute Gasteiger partial charge is 0.487 e. The van der Waals surface area contributed by atoms with Gasteiger partial charge >= 0.3 is 0 Å². The lowest BCUT2D eigenvalue weighted by Gasteiger charge is -2.41. The highest BCUT2D eigenvalue weighted by Gasteiger charge is 2.36. The third kappa shape index (κ3) is 4.13. The van der Waals surface area contributed by atoms with Crippen molar-refractivity contribution in [2.75, 3.05) is 6.54 Å². The molecule has 0 radical (unpaired) electrons. The summed E-state index contributed by atoms with van der Waals surface area (Å²) in [6, 6.07) is 8.19. The highest BCUT2D eigenvalue weighted by molar-refractivity contribution is 6.32. The molecule has 0 heterocycles. The molecule has 0 aliphatic heterocycles. The van der Waals surface area contributed by atoms with E-state index in [1.54, 1.807) is 0 Å². The van der Waals surface area contributed by atoms with E-state index >= 15 is 0 Å². The first-order valence-corrected chi connectivity index (χ1v) is 8.04. The van der Waals surface area contributed by atoms with Crippen molar-refractivity contribution in [3.8, 4) is 5.75 Å². The third-order valence-corrected chi connectivity index (χ3v) is 4.42. The number of rotatable bonds is 5. The van der Waals surface area contributed by atoms with Crippen molar-refractivity contribution in [3.63, 3.8) is 0 Å². The number of hydrogen-bond donors (Lipinski definition) is 1. The number of para-hydroxylation sites is 1. The van der Waals surface area contributed by atoms with E-state index in [2.05, 4.69) is 26.1 Å². The second-order valence-corrected chi connectivity index (χ2v) is 6.96. The van der Waals surface area contributed by atoms with E-state index in [1.807, 2.05) is 24.3 Å². The maximum absolute atomic E-state index is 6.24. The molecule has 2 nitrogen and oxygen atoms in total. The summed E-state index contributed by atoms with van der Waals surface area (Å²) >= 11 is 6.22. The Morgan fingerprint density at radius 3 is 2.80 bits per heavy atom. The molecule has 2 rings (SSSR count). The molecule has 1 N–H and O–H groups in total. The molecule has 2 unspecified atom stereocenters. The molecule has 1 aliphatic rings. The highest BCUT2D eigenvalue weighted by atomic mass is 35.5. The predicted molar refractivity (Wildman–Crippen MR) is 85.6 cm³/mol. The summed E-state index contributed by atoms with van der Waals surface area (Å²) in [7, 11) is 0. The van der Waals surface area contributed by atoms with Gasteiger partial charge in [0.05, 0.1) is 5.02 Å². The smallest absolute Gasteiger partial charge is 0.138 e. The van der Waals surface area contributed by atoms with Crippen molar-refractivity contribution in [2.24, 2.45) is 5.41 Å². The average Bonchev–Trinajstić information content (AvgIpc) is 2.40. The minimum atomic E-state index is 0.199. The van der Waals surface area contributed by atoms with Crippen molar-refractivity contribution in [1.82, 2.24) is 5.32 Å². The monoisotopic (exact) mass is 295 g/mol. The van der Waals surface area contributed by atoms with Crippen LogP contribution in [0.3, 0.4) is 0 Å². The first-order chi connectivity index (χ1) is 9.52. The van der Waals surface area contributed by atoms with Crippen LogP contribution in [0.2, 0.25) is 5.02 Å². The number of ether oxygens (including phenoxy) is 1. The van der Waals surface area contributed by atoms with Gasteiger partial charge < -0.3 is 10.1 Å². The van der Waals surface area contributed by atoms with Crippen LogP contribution >= 0.6 is 11.6 Å². The predicted octanol–water partition coefficient (Wildman–Crippen LogP) is 4.67. The fraction of sp³-hybridized carbons (Fsp3) is 0.647. The lowest BCUT2D eigenvalue weighted by atomic mass is 9.74. The Morgan fingerprint density at radius 1 is 1.35 bits per heavy atom. The second kappa shape index (κ2) is 6.82. The molecule has 20 heavy (non-hydrogen) atoms. The molecule has 3 heteroatoms. The summed E-state index contributed by atoms with van der Waals surface area (Å²) in [5, 5.41) is 4.33. The van der Waals surface area contributed by atoms with E-state index in [0.717, 1.165) is 25.1 Å². The van der Waals surface area contributed by atoms with E-state index in [-0.39, 0.29) is 6.10 Å². The van der Waals surface area contributed by atoms with Crippen LogP contribution in [0.4, 0.5) is 0 Å². The van der Waals surface area contributed by atoms with Crippen LogP contribution in [0.25, 0.3) is 0 Å². The Morgan fingerprint density at radius 2 is 2.10 bits per heavy atom. The Kier molecular flexibility index (Phi) is 5.34. The van der Waals surface area contributed by atoms with Gasteiger partial charge in [-0.25, -0.2) is 0 Å². The van der Waals surface area contributed by atoms with Gasteiger partial charge in [0.1, 0.15) is 11.9 Å². The Labute approximate surface area is 127 Å². The average molecular weight is 296 g/mol. The molecular weight excluding hydrogens is 270 g/mol. The van der Waals surface area contributed by atoms with Crippen LogP contribution in [0.1, 0.15) is 46.5 Å². The van der Waals surface area contributed by atoms with Gasteiger partial charge in [0.2, 0.25) is 0 Å². The normalized spacial score (nSPS) is 25.4. The second-order valence-electron chi connectivity index (χ2n) is 6.55. The van der Waals surface area contributed by atoms with Gasteiger partial charge in [-0.3, -0.25) is 0 Å². The van der Waals surface area contributed by atoms with E-state index in [1.165, 1.54) is 12.8 Å². The molecular formula is C17H26ClNO. The van der Waals surface area contributed by atoms with Crippen LogP contribution in [0, 0.1) is 5.41 Å². The number of benzene rings is 1. The molecule has 2 atom stereocenters. The first-order valence-electron chi connectivity index (χ1n) is 7.66. The Bertz CT molecular complexity index is 433. The lowest BCUT2D eigenvalue weighted by Crippen LogP contribution is -2.49. The zero-order valence-corrected chi connectivity index (χ0v) is 13.5. The van der Waals surface area contributed by atoms with Gasteiger partial charge in [-0.05, 0) is 49.8 Å². The Hall–Kier alpha value is -0.730. The van der Waals surface area contributed by atoms with E-state index in [4.69, 9.17) is 16.3 Å². The molecule has 112 valence electrons. The Balaban J connectivity index is 2.08. The molecule has 0 aromatic heterocycles. The van der Waals surface area contributed by atoms with Crippen LogP contribution in [0.5, 0.6) is 5.75 Å². The van der Waals surface area contributed by atoms with Crippen LogP contribution < -0.4 is 10.1 Å². The minimum absolute atomic E-state index is 0.199. The summed E-state index contributed by atoms with van der Waals surface area (Å²) in [6.07, 6.45) is 4.84. The maximum atomic E-state index is 6.24. The summed E-state index contributed by atoms with van der Waals surface area (Å²) in [4.78, 5) is 0.